The number of aromatic nitrogens is 1. The number of carboxylic acid groups (broad SMARTS) is 1. The molecule has 1 aromatic carbocycles. The number of carbonyl (C=O) groups is 1. The molecule has 0 unspecified atom stereocenters. The zero-order chi connectivity index (χ0) is 15.9. The lowest BCUT2D eigenvalue weighted by Gasteiger charge is -2.30. The standard InChI is InChI=1S/C13H15N3O4S2/c1-8-15-10-3-2-9(6-12(10)21-8)22(19,20)16-5-4-14-11(7-16)13(17)18/h2-3,6,11,14H,4-5,7H2,1H3,(H,17,18)/t11-/m0/s1. The molecular weight excluding hydrogens is 326 g/mol. The number of aliphatic carboxylic acids is 1. The minimum atomic E-state index is -3.70. The van der Waals surface area contributed by atoms with Crippen molar-refractivity contribution in [2.24, 2.45) is 0 Å². The second-order valence-corrected chi connectivity index (χ2v) is 8.24. The third kappa shape index (κ3) is 2.72. The molecule has 0 spiro atoms. The van der Waals surface area contributed by atoms with Crippen LogP contribution in [-0.4, -0.2) is 54.5 Å². The van der Waals surface area contributed by atoms with Gasteiger partial charge in [-0.15, -0.1) is 11.3 Å². The summed E-state index contributed by atoms with van der Waals surface area (Å²) in [7, 11) is -3.70. The lowest BCUT2D eigenvalue weighted by atomic mass is 10.2. The van der Waals surface area contributed by atoms with Crippen LogP contribution in [0.5, 0.6) is 0 Å². The van der Waals surface area contributed by atoms with Crippen LogP contribution in [0, 0.1) is 6.92 Å². The maximum atomic E-state index is 12.7. The first-order chi connectivity index (χ1) is 10.4. The van der Waals surface area contributed by atoms with Crippen LogP contribution in [0.15, 0.2) is 23.1 Å². The second kappa shape index (κ2) is 5.58. The molecule has 2 N–H and O–H groups in total. The zero-order valence-corrected chi connectivity index (χ0v) is 13.4. The zero-order valence-electron chi connectivity index (χ0n) is 11.8. The summed E-state index contributed by atoms with van der Waals surface area (Å²) >= 11 is 1.43. The third-order valence-electron chi connectivity index (χ3n) is 3.54. The Morgan fingerprint density at radius 3 is 3.00 bits per heavy atom. The highest BCUT2D eigenvalue weighted by molar-refractivity contribution is 7.89. The number of nitrogens with one attached hydrogen (secondary N) is 1. The fourth-order valence-electron chi connectivity index (χ4n) is 2.44. The van der Waals surface area contributed by atoms with Crippen LogP contribution >= 0.6 is 11.3 Å². The molecule has 2 aromatic rings. The average molecular weight is 341 g/mol. The van der Waals surface area contributed by atoms with Crippen molar-refractivity contribution in [1.82, 2.24) is 14.6 Å². The van der Waals surface area contributed by atoms with Gasteiger partial charge in [-0.25, -0.2) is 13.4 Å². The molecule has 1 aromatic heterocycles. The molecule has 0 aliphatic carbocycles. The van der Waals surface area contributed by atoms with Crippen molar-refractivity contribution in [1.29, 1.82) is 0 Å². The molecule has 1 atom stereocenters. The summed E-state index contributed by atoms with van der Waals surface area (Å²) in [6, 6.07) is 3.93. The minimum Gasteiger partial charge on any atom is -0.480 e. The number of sulfonamides is 1. The van der Waals surface area contributed by atoms with E-state index in [-0.39, 0.29) is 18.0 Å². The van der Waals surface area contributed by atoms with Gasteiger partial charge in [0.2, 0.25) is 10.0 Å². The van der Waals surface area contributed by atoms with Gasteiger partial charge in [0.15, 0.2) is 0 Å². The molecule has 22 heavy (non-hydrogen) atoms. The average Bonchev–Trinajstić information content (AvgIpc) is 2.86. The van der Waals surface area contributed by atoms with Gasteiger partial charge in [0.25, 0.3) is 0 Å². The smallest absolute Gasteiger partial charge is 0.322 e. The fourth-order valence-corrected chi connectivity index (χ4v) is 4.86. The molecule has 7 nitrogen and oxygen atoms in total. The Hall–Kier alpha value is -1.55. The Morgan fingerprint density at radius 2 is 2.27 bits per heavy atom. The molecule has 118 valence electrons. The van der Waals surface area contributed by atoms with Gasteiger partial charge >= 0.3 is 5.97 Å². The van der Waals surface area contributed by atoms with E-state index in [4.69, 9.17) is 5.11 Å². The molecule has 2 heterocycles. The summed E-state index contributed by atoms with van der Waals surface area (Å²) in [5.41, 5.74) is 0.769. The number of piperazine rings is 1. The first-order valence-corrected chi connectivity index (χ1v) is 8.97. The van der Waals surface area contributed by atoms with Crippen molar-refractivity contribution in [2.45, 2.75) is 17.9 Å². The Bertz CT molecular complexity index is 831. The Kier molecular flexibility index (Phi) is 3.89. The highest BCUT2D eigenvalue weighted by Gasteiger charge is 2.33. The number of rotatable bonds is 3. The monoisotopic (exact) mass is 341 g/mol. The molecule has 0 bridgehead atoms. The predicted octanol–water partition coefficient (Wildman–Crippen LogP) is 0.652. The highest BCUT2D eigenvalue weighted by atomic mass is 32.2. The Morgan fingerprint density at radius 1 is 1.50 bits per heavy atom. The fraction of sp³-hybridized carbons (Fsp3) is 0.385. The van der Waals surface area contributed by atoms with E-state index in [9.17, 15) is 13.2 Å². The molecule has 1 fully saturated rings. The number of thiazole rings is 1. The first kappa shape index (κ1) is 15.3. The lowest BCUT2D eigenvalue weighted by Crippen LogP contribution is -2.55. The lowest BCUT2D eigenvalue weighted by molar-refractivity contribution is -0.140. The van der Waals surface area contributed by atoms with E-state index >= 15 is 0 Å². The predicted molar refractivity (Wildman–Crippen MR) is 82.5 cm³/mol. The first-order valence-electron chi connectivity index (χ1n) is 6.71. The minimum absolute atomic E-state index is 0.0720. The van der Waals surface area contributed by atoms with E-state index in [1.54, 1.807) is 12.1 Å². The Labute approximate surface area is 131 Å². The van der Waals surface area contributed by atoms with E-state index in [0.717, 1.165) is 15.2 Å². The molecule has 1 aliphatic rings. The van der Waals surface area contributed by atoms with E-state index in [1.807, 2.05) is 6.92 Å². The molecule has 0 saturated carbocycles. The van der Waals surface area contributed by atoms with Crippen LogP contribution in [0.2, 0.25) is 0 Å². The number of hydrogen-bond acceptors (Lipinski definition) is 6. The molecule has 0 radical (unpaired) electrons. The summed E-state index contributed by atoms with van der Waals surface area (Å²) in [5.74, 6) is -1.05. The van der Waals surface area contributed by atoms with Gasteiger partial charge < -0.3 is 10.4 Å². The van der Waals surface area contributed by atoms with Crippen LogP contribution in [-0.2, 0) is 14.8 Å². The largest absolute Gasteiger partial charge is 0.480 e. The molecule has 3 rings (SSSR count). The van der Waals surface area contributed by atoms with Crippen LogP contribution in [0.3, 0.4) is 0 Å². The molecular formula is C13H15N3O4S2. The molecule has 0 amide bonds. The maximum Gasteiger partial charge on any atom is 0.322 e. The van der Waals surface area contributed by atoms with E-state index in [2.05, 4.69) is 10.3 Å². The van der Waals surface area contributed by atoms with Gasteiger partial charge in [0.05, 0.1) is 20.1 Å². The van der Waals surface area contributed by atoms with Crippen molar-refractivity contribution < 1.29 is 18.3 Å². The van der Waals surface area contributed by atoms with Crippen LogP contribution < -0.4 is 5.32 Å². The topological polar surface area (TPSA) is 99.6 Å². The van der Waals surface area contributed by atoms with Gasteiger partial charge in [-0.1, -0.05) is 0 Å². The molecule has 1 aliphatic heterocycles. The maximum absolute atomic E-state index is 12.7. The van der Waals surface area contributed by atoms with E-state index in [1.165, 1.54) is 21.7 Å². The van der Waals surface area contributed by atoms with Gasteiger partial charge in [0.1, 0.15) is 6.04 Å². The van der Waals surface area contributed by atoms with Crippen molar-refractivity contribution in [3.8, 4) is 0 Å². The normalized spacial score (nSPS) is 20.3. The summed E-state index contributed by atoms with van der Waals surface area (Å²) < 4.78 is 27.4. The van der Waals surface area contributed by atoms with Gasteiger partial charge in [-0.3, -0.25) is 4.79 Å². The number of aryl methyl sites for hydroxylation is 1. The quantitative estimate of drug-likeness (QED) is 0.850. The van der Waals surface area contributed by atoms with E-state index < -0.39 is 22.0 Å². The molecule has 1 saturated heterocycles. The molecule has 9 heteroatoms. The Balaban J connectivity index is 1.94. The highest BCUT2D eigenvalue weighted by Crippen LogP contribution is 2.26. The number of benzene rings is 1. The summed E-state index contributed by atoms with van der Waals surface area (Å²) in [6.07, 6.45) is 0. The second-order valence-electron chi connectivity index (χ2n) is 5.07. The summed E-state index contributed by atoms with van der Waals surface area (Å²) in [5, 5.41) is 12.7. The van der Waals surface area contributed by atoms with Gasteiger partial charge in [-0.2, -0.15) is 4.31 Å². The number of hydrogen-bond donors (Lipinski definition) is 2. The van der Waals surface area contributed by atoms with Crippen LogP contribution in [0.4, 0.5) is 0 Å². The third-order valence-corrected chi connectivity index (χ3v) is 6.34. The van der Waals surface area contributed by atoms with Crippen LogP contribution in [0.1, 0.15) is 5.01 Å². The number of fused-ring (bicyclic) bond motifs is 1. The summed E-state index contributed by atoms with van der Waals surface area (Å²) in [6.45, 7) is 2.37. The van der Waals surface area contributed by atoms with Crippen molar-refractivity contribution in [3.63, 3.8) is 0 Å². The van der Waals surface area contributed by atoms with Crippen LogP contribution in [0.25, 0.3) is 10.2 Å². The van der Waals surface area contributed by atoms with Crippen molar-refractivity contribution in [3.05, 3.63) is 23.2 Å². The van der Waals surface area contributed by atoms with Gasteiger partial charge in [0, 0.05) is 19.6 Å². The number of nitrogens with zero attached hydrogens (tertiary/aromatic N) is 2. The number of carboxylic acids is 1. The van der Waals surface area contributed by atoms with Gasteiger partial charge in [-0.05, 0) is 25.1 Å². The van der Waals surface area contributed by atoms with E-state index in [0.29, 0.717) is 6.54 Å². The SMILES string of the molecule is Cc1nc2ccc(S(=O)(=O)N3CCN[C@H](C(=O)O)C3)cc2s1. The van der Waals surface area contributed by atoms with Crippen molar-refractivity contribution in [2.75, 3.05) is 19.6 Å². The summed E-state index contributed by atoms with van der Waals surface area (Å²) in [4.78, 5) is 15.5. The van der Waals surface area contributed by atoms with Crippen molar-refractivity contribution >= 4 is 37.5 Å².